The lowest BCUT2D eigenvalue weighted by molar-refractivity contribution is -0.130. The van der Waals surface area contributed by atoms with Crippen LogP contribution in [0.3, 0.4) is 0 Å². The van der Waals surface area contributed by atoms with Gasteiger partial charge in [0, 0.05) is 19.0 Å². The molecule has 27 heavy (non-hydrogen) atoms. The van der Waals surface area contributed by atoms with Crippen LogP contribution in [0.5, 0.6) is 0 Å². The van der Waals surface area contributed by atoms with Gasteiger partial charge < -0.3 is 4.90 Å². The second kappa shape index (κ2) is 7.80. The number of aryl methyl sites for hydroxylation is 1. The predicted octanol–water partition coefficient (Wildman–Crippen LogP) is 3.49. The SMILES string of the molecule is Cc1ccsc1CN(C)C(=O)CN(C)S(=O)(=O)c1ccc2ccccc2c1. The molecule has 1 amide bonds. The number of carbonyl (C=O) groups excluding carboxylic acids is 1. The Labute approximate surface area is 163 Å². The number of hydrogen-bond acceptors (Lipinski definition) is 4. The van der Waals surface area contributed by atoms with E-state index in [4.69, 9.17) is 0 Å². The molecule has 0 saturated heterocycles. The minimum absolute atomic E-state index is 0.188. The molecular formula is C20H22N2O3S2. The third-order valence-corrected chi connectivity index (χ3v) is 7.37. The first-order valence-electron chi connectivity index (χ1n) is 8.51. The van der Waals surface area contributed by atoms with Crippen LogP contribution in [0.15, 0.2) is 58.8 Å². The molecule has 7 heteroatoms. The average Bonchev–Trinajstić information content (AvgIpc) is 3.05. The molecule has 0 aliphatic rings. The summed E-state index contributed by atoms with van der Waals surface area (Å²) in [5.41, 5.74) is 1.14. The van der Waals surface area contributed by atoms with Gasteiger partial charge in [0.1, 0.15) is 0 Å². The maximum Gasteiger partial charge on any atom is 0.243 e. The molecule has 142 valence electrons. The van der Waals surface area contributed by atoms with E-state index in [-0.39, 0.29) is 17.3 Å². The van der Waals surface area contributed by atoms with Crippen molar-refractivity contribution < 1.29 is 13.2 Å². The van der Waals surface area contributed by atoms with Crippen molar-refractivity contribution in [2.24, 2.45) is 0 Å². The van der Waals surface area contributed by atoms with Crippen molar-refractivity contribution in [1.82, 2.24) is 9.21 Å². The summed E-state index contributed by atoms with van der Waals surface area (Å²) in [6.45, 7) is 2.28. The third-order valence-electron chi connectivity index (χ3n) is 4.56. The zero-order valence-corrected chi connectivity index (χ0v) is 17.2. The summed E-state index contributed by atoms with van der Waals surface area (Å²) < 4.78 is 26.8. The molecule has 5 nitrogen and oxygen atoms in total. The van der Waals surface area contributed by atoms with E-state index in [1.807, 2.05) is 42.6 Å². The van der Waals surface area contributed by atoms with Crippen LogP contribution in [0.4, 0.5) is 0 Å². The number of carbonyl (C=O) groups is 1. The van der Waals surface area contributed by atoms with Crippen LogP contribution in [0.25, 0.3) is 10.8 Å². The number of fused-ring (bicyclic) bond motifs is 1. The Bertz CT molecular complexity index is 1070. The fourth-order valence-electron chi connectivity index (χ4n) is 2.77. The van der Waals surface area contributed by atoms with E-state index in [9.17, 15) is 13.2 Å². The van der Waals surface area contributed by atoms with Gasteiger partial charge >= 0.3 is 0 Å². The Morgan fingerprint density at radius 3 is 2.41 bits per heavy atom. The van der Waals surface area contributed by atoms with Crippen LogP contribution < -0.4 is 0 Å². The Kier molecular flexibility index (Phi) is 5.64. The van der Waals surface area contributed by atoms with Crippen LogP contribution in [-0.4, -0.2) is 44.2 Å². The van der Waals surface area contributed by atoms with Crippen LogP contribution in [0.2, 0.25) is 0 Å². The van der Waals surface area contributed by atoms with Gasteiger partial charge in [-0.2, -0.15) is 4.31 Å². The van der Waals surface area contributed by atoms with Crippen LogP contribution >= 0.6 is 11.3 Å². The van der Waals surface area contributed by atoms with Gasteiger partial charge in [-0.15, -0.1) is 11.3 Å². The first-order valence-corrected chi connectivity index (χ1v) is 10.8. The molecule has 0 unspecified atom stereocenters. The summed E-state index contributed by atoms with van der Waals surface area (Å²) in [5.74, 6) is -0.241. The molecule has 0 N–H and O–H groups in total. The fourth-order valence-corrected chi connectivity index (χ4v) is 4.89. The topological polar surface area (TPSA) is 57.7 Å². The molecule has 0 bridgehead atoms. The van der Waals surface area contributed by atoms with E-state index in [1.165, 1.54) is 7.05 Å². The quantitative estimate of drug-likeness (QED) is 0.634. The van der Waals surface area contributed by atoms with Gasteiger partial charge in [-0.3, -0.25) is 4.79 Å². The van der Waals surface area contributed by atoms with Crippen molar-refractivity contribution >= 4 is 38.0 Å². The van der Waals surface area contributed by atoms with Crippen molar-refractivity contribution in [2.45, 2.75) is 18.4 Å². The Balaban J connectivity index is 1.74. The van der Waals surface area contributed by atoms with E-state index in [2.05, 4.69) is 0 Å². The highest BCUT2D eigenvalue weighted by molar-refractivity contribution is 7.89. The van der Waals surface area contributed by atoms with Gasteiger partial charge in [0.25, 0.3) is 0 Å². The number of likely N-dealkylation sites (N-methyl/N-ethyl adjacent to an activating group) is 2. The van der Waals surface area contributed by atoms with Crippen LogP contribution in [0.1, 0.15) is 10.4 Å². The normalized spacial score (nSPS) is 11.9. The Morgan fingerprint density at radius 1 is 1.04 bits per heavy atom. The predicted molar refractivity (Wildman–Crippen MR) is 109 cm³/mol. The Hall–Kier alpha value is -2.22. The average molecular weight is 403 g/mol. The standard InChI is InChI=1S/C20H22N2O3S2/c1-15-10-11-26-19(15)13-21(2)20(23)14-22(3)27(24,25)18-9-8-16-6-4-5-7-17(16)12-18/h4-12H,13-14H2,1-3H3. The van der Waals surface area contributed by atoms with Crippen molar-refractivity contribution in [3.05, 3.63) is 64.4 Å². The number of amides is 1. The van der Waals surface area contributed by atoms with E-state index < -0.39 is 10.0 Å². The molecule has 0 aliphatic carbocycles. The maximum absolute atomic E-state index is 12.9. The first kappa shape index (κ1) is 19.5. The zero-order valence-electron chi connectivity index (χ0n) is 15.5. The molecule has 3 rings (SSSR count). The Morgan fingerprint density at radius 2 is 1.74 bits per heavy atom. The van der Waals surface area contributed by atoms with Gasteiger partial charge in [0.2, 0.25) is 15.9 Å². The van der Waals surface area contributed by atoms with Crippen LogP contribution in [0, 0.1) is 6.92 Å². The highest BCUT2D eigenvalue weighted by atomic mass is 32.2. The molecule has 0 atom stereocenters. The van der Waals surface area contributed by atoms with E-state index in [1.54, 1.807) is 41.5 Å². The van der Waals surface area contributed by atoms with Crippen molar-refractivity contribution in [3.8, 4) is 0 Å². The smallest absolute Gasteiger partial charge is 0.243 e. The summed E-state index contributed by atoms with van der Waals surface area (Å²) in [7, 11) is -0.611. The van der Waals surface area contributed by atoms with Gasteiger partial charge in [-0.25, -0.2) is 8.42 Å². The minimum atomic E-state index is -3.74. The van der Waals surface area contributed by atoms with E-state index in [0.717, 1.165) is 25.5 Å². The lowest BCUT2D eigenvalue weighted by Crippen LogP contribution is -2.39. The number of benzene rings is 2. The number of nitrogens with zero attached hydrogens (tertiary/aromatic N) is 2. The van der Waals surface area contributed by atoms with Gasteiger partial charge in [0.15, 0.2) is 0 Å². The number of hydrogen-bond donors (Lipinski definition) is 0. The number of rotatable bonds is 6. The zero-order chi connectivity index (χ0) is 19.6. The molecule has 0 radical (unpaired) electrons. The van der Waals surface area contributed by atoms with E-state index in [0.29, 0.717) is 6.54 Å². The second-order valence-corrected chi connectivity index (χ2v) is 9.59. The largest absolute Gasteiger partial charge is 0.339 e. The summed E-state index contributed by atoms with van der Waals surface area (Å²) in [6, 6.07) is 14.6. The summed E-state index contributed by atoms with van der Waals surface area (Å²) in [6.07, 6.45) is 0. The van der Waals surface area contributed by atoms with Crippen LogP contribution in [-0.2, 0) is 21.4 Å². The van der Waals surface area contributed by atoms with Gasteiger partial charge in [-0.05, 0) is 46.8 Å². The monoisotopic (exact) mass is 402 g/mol. The summed E-state index contributed by atoms with van der Waals surface area (Å²) in [5, 5.41) is 3.81. The van der Waals surface area contributed by atoms with Gasteiger partial charge in [0.05, 0.1) is 18.0 Å². The molecule has 1 heterocycles. The molecular weight excluding hydrogens is 380 g/mol. The highest BCUT2D eigenvalue weighted by Gasteiger charge is 2.24. The molecule has 1 aromatic heterocycles. The lowest BCUT2D eigenvalue weighted by atomic mass is 10.1. The van der Waals surface area contributed by atoms with Crippen molar-refractivity contribution in [2.75, 3.05) is 20.6 Å². The number of sulfonamides is 1. The van der Waals surface area contributed by atoms with Gasteiger partial charge in [-0.1, -0.05) is 30.3 Å². The lowest BCUT2D eigenvalue weighted by Gasteiger charge is -2.22. The molecule has 3 aromatic rings. The molecule has 0 aliphatic heterocycles. The summed E-state index contributed by atoms with van der Waals surface area (Å²) in [4.78, 5) is 15.4. The van der Waals surface area contributed by atoms with Crippen molar-refractivity contribution in [3.63, 3.8) is 0 Å². The second-order valence-electron chi connectivity index (χ2n) is 6.55. The molecule has 0 fully saturated rings. The first-order chi connectivity index (χ1) is 12.8. The molecule has 0 spiro atoms. The van der Waals surface area contributed by atoms with Crippen molar-refractivity contribution in [1.29, 1.82) is 0 Å². The molecule has 0 saturated carbocycles. The number of thiophene rings is 1. The molecule has 2 aromatic carbocycles. The third kappa shape index (κ3) is 4.21. The van der Waals surface area contributed by atoms with E-state index >= 15 is 0 Å². The highest BCUT2D eigenvalue weighted by Crippen LogP contribution is 2.22. The minimum Gasteiger partial charge on any atom is -0.339 e. The summed E-state index contributed by atoms with van der Waals surface area (Å²) >= 11 is 1.59. The fraction of sp³-hybridized carbons (Fsp3) is 0.250. The maximum atomic E-state index is 12.9.